The zero-order valence-electron chi connectivity index (χ0n) is 11.3. The summed E-state index contributed by atoms with van der Waals surface area (Å²) in [6.07, 6.45) is 0. The fourth-order valence-corrected chi connectivity index (χ4v) is 3.24. The maximum absolute atomic E-state index is 13.6. The Hall–Kier alpha value is -2.09. The van der Waals surface area contributed by atoms with Crippen LogP contribution in [0.15, 0.2) is 23.1 Å². The number of nitrogens with one attached hydrogen (secondary N) is 1. The fourth-order valence-electron chi connectivity index (χ4n) is 1.86. The Bertz CT molecular complexity index is 768. The molecule has 6 nitrogen and oxygen atoms in total. The van der Waals surface area contributed by atoms with Crippen molar-refractivity contribution in [2.75, 3.05) is 10.5 Å². The highest BCUT2D eigenvalue weighted by atomic mass is 32.2. The molecule has 0 amide bonds. The first kappa shape index (κ1) is 14.3. The van der Waals surface area contributed by atoms with Crippen LogP contribution in [0.25, 0.3) is 0 Å². The van der Waals surface area contributed by atoms with Gasteiger partial charge in [-0.05, 0) is 31.5 Å². The minimum absolute atomic E-state index is 0.118. The van der Waals surface area contributed by atoms with Crippen LogP contribution in [0.3, 0.4) is 0 Å². The topological polar surface area (TPSA) is 90.0 Å². The Kier molecular flexibility index (Phi) is 3.43. The van der Waals surface area contributed by atoms with E-state index in [2.05, 4.69) is 9.82 Å². The zero-order valence-corrected chi connectivity index (χ0v) is 12.1. The summed E-state index contributed by atoms with van der Waals surface area (Å²) in [5.41, 5.74) is 6.60. The number of aromatic nitrogens is 2. The van der Waals surface area contributed by atoms with Gasteiger partial charge in [-0.15, -0.1) is 0 Å². The SMILES string of the molecule is Cc1ccc(F)c(NS(=O)(=O)c2c(N)nn(C)c2C)c1. The van der Waals surface area contributed by atoms with E-state index in [0.717, 1.165) is 5.56 Å². The average Bonchev–Trinajstić information content (AvgIpc) is 2.58. The largest absolute Gasteiger partial charge is 0.381 e. The van der Waals surface area contributed by atoms with Crippen LogP contribution in [0.5, 0.6) is 0 Å². The van der Waals surface area contributed by atoms with Gasteiger partial charge in [0.1, 0.15) is 5.82 Å². The van der Waals surface area contributed by atoms with Crippen molar-refractivity contribution in [2.24, 2.45) is 7.05 Å². The lowest BCUT2D eigenvalue weighted by molar-refractivity contribution is 0.597. The monoisotopic (exact) mass is 298 g/mol. The van der Waals surface area contributed by atoms with Gasteiger partial charge >= 0.3 is 0 Å². The highest BCUT2D eigenvalue weighted by Crippen LogP contribution is 2.25. The molecule has 108 valence electrons. The third-order valence-corrected chi connectivity index (χ3v) is 4.47. The van der Waals surface area contributed by atoms with E-state index in [4.69, 9.17) is 5.73 Å². The van der Waals surface area contributed by atoms with Crippen molar-refractivity contribution in [1.29, 1.82) is 0 Å². The van der Waals surface area contributed by atoms with Crippen LogP contribution in [0.2, 0.25) is 0 Å². The van der Waals surface area contributed by atoms with Crippen molar-refractivity contribution < 1.29 is 12.8 Å². The van der Waals surface area contributed by atoms with Gasteiger partial charge in [-0.25, -0.2) is 12.8 Å². The van der Waals surface area contributed by atoms with E-state index in [1.807, 2.05) is 0 Å². The molecule has 8 heteroatoms. The van der Waals surface area contributed by atoms with Crippen LogP contribution in [-0.2, 0) is 17.1 Å². The van der Waals surface area contributed by atoms with Gasteiger partial charge < -0.3 is 5.73 Å². The molecule has 2 rings (SSSR count). The molecular weight excluding hydrogens is 283 g/mol. The number of rotatable bonds is 3. The molecule has 1 aromatic carbocycles. The molecule has 0 fully saturated rings. The second-order valence-electron chi connectivity index (χ2n) is 4.51. The lowest BCUT2D eigenvalue weighted by atomic mass is 10.2. The molecular formula is C12H15FN4O2S. The molecule has 0 saturated carbocycles. The average molecular weight is 298 g/mol. The lowest BCUT2D eigenvalue weighted by Crippen LogP contribution is -2.16. The minimum Gasteiger partial charge on any atom is -0.381 e. The number of hydrogen-bond acceptors (Lipinski definition) is 4. The van der Waals surface area contributed by atoms with E-state index >= 15 is 0 Å². The number of anilines is 2. The first-order valence-electron chi connectivity index (χ1n) is 5.80. The molecule has 1 aromatic heterocycles. The predicted molar refractivity (Wildman–Crippen MR) is 74.3 cm³/mol. The van der Waals surface area contributed by atoms with E-state index in [0.29, 0.717) is 5.69 Å². The Morgan fingerprint density at radius 1 is 1.35 bits per heavy atom. The van der Waals surface area contributed by atoms with Crippen molar-refractivity contribution in [2.45, 2.75) is 18.7 Å². The number of sulfonamides is 1. The first-order chi connectivity index (χ1) is 9.22. The Morgan fingerprint density at radius 3 is 2.55 bits per heavy atom. The number of benzene rings is 1. The van der Waals surface area contributed by atoms with Crippen LogP contribution >= 0.6 is 0 Å². The molecule has 2 aromatic rings. The molecule has 0 spiro atoms. The normalized spacial score (nSPS) is 11.6. The Morgan fingerprint density at radius 2 is 2.00 bits per heavy atom. The van der Waals surface area contributed by atoms with Gasteiger partial charge in [0.15, 0.2) is 10.7 Å². The number of aryl methyl sites for hydroxylation is 2. The third kappa shape index (κ3) is 2.46. The van der Waals surface area contributed by atoms with E-state index in [-0.39, 0.29) is 16.4 Å². The summed E-state index contributed by atoms with van der Waals surface area (Å²) >= 11 is 0. The standard InChI is InChI=1S/C12H15FN4O2S/c1-7-4-5-9(13)10(6-7)16-20(18,19)11-8(2)17(3)15-12(11)14/h4-6,16H,1-3H3,(H2,14,15). The fraction of sp³-hybridized carbons (Fsp3) is 0.250. The maximum atomic E-state index is 13.6. The highest BCUT2D eigenvalue weighted by molar-refractivity contribution is 7.93. The van der Waals surface area contributed by atoms with Crippen molar-refractivity contribution >= 4 is 21.5 Å². The van der Waals surface area contributed by atoms with Gasteiger partial charge in [0.05, 0.1) is 11.4 Å². The van der Waals surface area contributed by atoms with E-state index < -0.39 is 15.8 Å². The summed E-state index contributed by atoms with van der Waals surface area (Å²) in [5.74, 6) is -0.773. The molecule has 1 heterocycles. The van der Waals surface area contributed by atoms with Gasteiger partial charge in [-0.1, -0.05) is 6.07 Å². The summed E-state index contributed by atoms with van der Waals surface area (Å²) in [7, 11) is -2.41. The van der Waals surface area contributed by atoms with Crippen molar-refractivity contribution in [3.63, 3.8) is 0 Å². The summed E-state index contributed by atoms with van der Waals surface area (Å²) in [6, 6.07) is 4.16. The molecule has 0 saturated heterocycles. The number of hydrogen-bond donors (Lipinski definition) is 2. The van der Waals surface area contributed by atoms with Crippen LogP contribution in [-0.4, -0.2) is 18.2 Å². The summed E-state index contributed by atoms with van der Waals surface area (Å²) in [5, 5.41) is 3.84. The third-order valence-electron chi connectivity index (χ3n) is 2.94. The van der Waals surface area contributed by atoms with Crippen LogP contribution in [0.4, 0.5) is 15.9 Å². The van der Waals surface area contributed by atoms with E-state index in [1.54, 1.807) is 27.0 Å². The molecule has 0 aliphatic carbocycles. The van der Waals surface area contributed by atoms with Gasteiger partial charge in [0.2, 0.25) is 0 Å². The van der Waals surface area contributed by atoms with Gasteiger partial charge in [0, 0.05) is 7.05 Å². The zero-order chi connectivity index (χ0) is 15.1. The number of halogens is 1. The molecule has 0 unspecified atom stereocenters. The molecule has 20 heavy (non-hydrogen) atoms. The molecule has 0 atom stereocenters. The second-order valence-corrected chi connectivity index (χ2v) is 6.13. The van der Waals surface area contributed by atoms with Crippen LogP contribution in [0, 0.1) is 19.7 Å². The molecule has 3 N–H and O–H groups in total. The summed E-state index contributed by atoms with van der Waals surface area (Å²) in [6.45, 7) is 3.31. The van der Waals surface area contributed by atoms with Crippen LogP contribution < -0.4 is 10.5 Å². The predicted octanol–water partition coefficient (Wildman–Crippen LogP) is 1.56. The second kappa shape index (κ2) is 4.78. The number of nitrogens with two attached hydrogens (primary N) is 1. The molecule has 0 aliphatic heterocycles. The lowest BCUT2D eigenvalue weighted by Gasteiger charge is -2.09. The number of nitrogen functional groups attached to an aromatic ring is 1. The maximum Gasteiger partial charge on any atom is 0.267 e. The van der Waals surface area contributed by atoms with E-state index in [9.17, 15) is 12.8 Å². The molecule has 0 aliphatic rings. The molecule has 0 radical (unpaired) electrons. The highest BCUT2D eigenvalue weighted by Gasteiger charge is 2.25. The first-order valence-corrected chi connectivity index (χ1v) is 7.28. The minimum atomic E-state index is -3.99. The summed E-state index contributed by atoms with van der Waals surface area (Å²) in [4.78, 5) is -0.138. The molecule has 0 bridgehead atoms. The van der Waals surface area contributed by atoms with Gasteiger partial charge in [-0.2, -0.15) is 5.10 Å². The van der Waals surface area contributed by atoms with Crippen molar-refractivity contribution in [3.05, 3.63) is 35.3 Å². The number of nitrogens with zero attached hydrogens (tertiary/aromatic N) is 2. The smallest absolute Gasteiger partial charge is 0.267 e. The van der Waals surface area contributed by atoms with Crippen molar-refractivity contribution in [3.8, 4) is 0 Å². The van der Waals surface area contributed by atoms with Gasteiger partial charge in [-0.3, -0.25) is 9.40 Å². The van der Waals surface area contributed by atoms with Crippen LogP contribution in [0.1, 0.15) is 11.3 Å². The van der Waals surface area contributed by atoms with E-state index in [1.165, 1.54) is 16.8 Å². The van der Waals surface area contributed by atoms with Crippen molar-refractivity contribution in [1.82, 2.24) is 9.78 Å². The Balaban J connectivity index is 2.49. The quantitative estimate of drug-likeness (QED) is 0.899. The van der Waals surface area contributed by atoms with Gasteiger partial charge in [0.25, 0.3) is 10.0 Å². The Labute approximate surface area is 116 Å². The summed E-state index contributed by atoms with van der Waals surface area (Å²) < 4.78 is 41.8.